The van der Waals surface area contributed by atoms with Crippen LogP contribution in [0.3, 0.4) is 0 Å². The fraction of sp³-hybridized carbons (Fsp3) is 0.467. The van der Waals surface area contributed by atoms with E-state index < -0.39 is 0 Å². The highest BCUT2D eigenvalue weighted by Crippen LogP contribution is 2.21. The molecule has 1 aromatic carbocycles. The van der Waals surface area contributed by atoms with E-state index in [4.69, 9.17) is 5.73 Å². The fourth-order valence-electron chi connectivity index (χ4n) is 1.31. The topological polar surface area (TPSA) is 26.0 Å². The second kappa shape index (κ2) is 6.14. The zero-order valence-electron chi connectivity index (χ0n) is 11.1. The largest absolute Gasteiger partial charge is 0.324 e. The van der Waals surface area contributed by atoms with Crippen LogP contribution in [0.1, 0.15) is 39.3 Å². The normalized spacial score (nSPS) is 12.8. The number of thioether (sulfide) groups is 1. The van der Waals surface area contributed by atoms with E-state index >= 15 is 0 Å². The summed E-state index contributed by atoms with van der Waals surface area (Å²) in [4.78, 5) is 1.24. The Labute approximate surface area is 109 Å². The molecule has 0 fully saturated rings. The Kier molecular flexibility index (Phi) is 5.11. The molecule has 0 bridgehead atoms. The molecule has 0 saturated carbocycles. The Morgan fingerprint density at radius 3 is 2.65 bits per heavy atom. The van der Waals surface area contributed by atoms with E-state index in [1.165, 1.54) is 10.5 Å². The third kappa shape index (κ3) is 5.81. The maximum Gasteiger partial charge on any atom is 0.0594 e. The molecule has 0 aliphatic rings. The molecule has 1 unspecified atom stereocenters. The number of hydrogen-bond donors (Lipinski definition) is 1. The molecule has 1 atom stereocenters. The van der Waals surface area contributed by atoms with E-state index in [2.05, 4.69) is 56.9 Å². The van der Waals surface area contributed by atoms with Gasteiger partial charge in [-0.05, 0) is 45.4 Å². The summed E-state index contributed by atoms with van der Waals surface area (Å²) < 4.78 is 0. The molecule has 1 rings (SSSR count). The molecular weight excluding hydrogens is 226 g/mol. The van der Waals surface area contributed by atoms with Crippen molar-refractivity contribution in [2.24, 2.45) is 11.1 Å². The van der Waals surface area contributed by atoms with E-state index in [0.29, 0.717) is 0 Å². The van der Waals surface area contributed by atoms with Crippen LogP contribution < -0.4 is 5.73 Å². The van der Waals surface area contributed by atoms with Gasteiger partial charge in [0.25, 0.3) is 0 Å². The zero-order chi connectivity index (χ0) is 12.9. The molecule has 1 aromatic rings. The standard InChI is InChI=1S/C15H21NS/c1-12(16)13-7-5-8-14(11-13)17-10-6-9-15(2,3)4/h5,7-8,11-12H,10,16H2,1-4H3. The average Bonchev–Trinajstić information content (AvgIpc) is 2.23. The molecule has 2 heteroatoms. The molecule has 0 spiro atoms. The molecule has 92 valence electrons. The molecule has 0 heterocycles. The number of rotatable bonds is 3. The van der Waals surface area contributed by atoms with Gasteiger partial charge in [0, 0.05) is 16.4 Å². The highest BCUT2D eigenvalue weighted by molar-refractivity contribution is 7.99. The summed E-state index contributed by atoms with van der Waals surface area (Å²) in [5.74, 6) is 7.27. The van der Waals surface area contributed by atoms with Crippen LogP contribution in [0.15, 0.2) is 29.2 Å². The quantitative estimate of drug-likeness (QED) is 0.648. The summed E-state index contributed by atoms with van der Waals surface area (Å²) in [6.45, 7) is 8.38. The monoisotopic (exact) mass is 247 g/mol. The smallest absolute Gasteiger partial charge is 0.0594 e. The van der Waals surface area contributed by atoms with E-state index in [0.717, 1.165) is 5.75 Å². The van der Waals surface area contributed by atoms with E-state index in [9.17, 15) is 0 Å². The second-order valence-electron chi connectivity index (χ2n) is 5.20. The molecular formula is C15H21NS. The SMILES string of the molecule is CC(N)c1cccc(SCC#CC(C)(C)C)c1. The van der Waals surface area contributed by atoms with Crippen LogP contribution in [0.5, 0.6) is 0 Å². The molecule has 0 aliphatic carbocycles. The van der Waals surface area contributed by atoms with Gasteiger partial charge in [0.05, 0.1) is 5.75 Å². The minimum atomic E-state index is 0.0914. The van der Waals surface area contributed by atoms with Crippen molar-refractivity contribution in [1.82, 2.24) is 0 Å². The van der Waals surface area contributed by atoms with Gasteiger partial charge in [-0.2, -0.15) is 0 Å². The van der Waals surface area contributed by atoms with Crippen LogP contribution in [-0.2, 0) is 0 Å². The van der Waals surface area contributed by atoms with Crippen LogP contribution in [0.2, 0.25) is 0 Å². The fourth-order valence-corrected chi connectivity index (χ4v) is 2.01. The maximum atomic E-state index is 5.86. The third-order valence-electron chi connectivity index (χ3n) is 2.16. The van der Waals surface area contributed by atoms with Crippen molar-refractivity contribution < 1.29 is 0 Å². The summed E-state index contributed by atoms with van der Waals surface area (Å²) >= 11 is 1.76. The number of benzene rings is 1. The van der Waals surface area contributed by atoms with Gasteiger partial charge >= 0.3 is 0 Å². The maximum absolute atomic E-state index is 5.86. The Bertz CT molecular complexity index is 419. The second-order valence-corrected chi connectivity index (χ2v) is 6.25. The predicted molar refractivity (Wildman–Crippen MR) is 77.0 cm³/mol. The van der Waals surface area contributed by atoms with Crippen LogP contribution in [0.25, 0.3) is 0 Å². The minimum absolute atomic E-state index is 0.0914. The van der Waals surface area contributed by atoms with Gasteiger partial charge in [-0.15, -0.1) is 11.8 Å². The van der Waals surface area contributed by atoms with Gasteiger partial charge in [-0.3, -0.25) is 0 Å². The van der Waals surface area contributed by atoms with Gasteiger partial charge in [-0.1, -0.05) is 24.0 Å². The lowest BCUT2D eigenvalue weighted by Gasteiger charge is -2.08. The van der Waals surface area contributed by atoms with Crippen molar-refractivity contribution in [1.29, 1.82) is 0 Å². The Balaban J connectivity index is 2.57. The summed E-state index contributed by atoms with van der Waals surface area (Å²) in [7, 11) is 0. The number of nitrogens with two attached hydrogens (primary N) is 1. The van der Waals surface area contributed by atoms with E-state index in [-0.39, 0.29) is 11.5 Å². The molecule has 0 radical (unpaired) electrons. The molecule has 0 aromatic heterocycles. The van der Waals surface area contributed by atoms with Gasteiger partial charge in [0.15, 0.2) is 0 Å². The van der Waals surface area contributed by atoms with Crippen molar-refractivity contribution in [3.8, 4) is 11.8 Å². The Hall–Kier alpha value is -0.910. The minimum Gasteiger partial charge on any atom is -0.324 e. The highest BCUT2D eigenvalue weighted by atomic mass is 32.2. The first-order chi connectivity index (χ1) is 7.88. The van der Waals surface area contributed by atoms with E-state index in [1.54, 1.807) is 11.8 Å². The van der Waals surface area contributed by atoms with Crippen LogP contribution in [0.4, 0.5) is 0 Å². The number of hydrogen-bond acceptors (Lipinski definition) is 2. The van der Waals surface area contributed by atoms with Crippen LogP contribution in [-0.4, -0.2) is 5.75 Å². The van der Waals surface area contributed by atoms with Crippen molar-refractivity contribution >= 4 is 11.8 Å². The first-order valence-corrected chi connectivity index (χ1v) is 6.85. The lowest BCUT2D eigenvalue weighted by atomic mass is 9.98. The Morgan fingerprint density at radius 1 is 1.35 bits per heavy atom. The average molecular weight is 247 g/mol. The van der Waals surface area contributed by atoms with Gasteiger partial charge < -0.3 is 5.73 Å². The lowest BCUT2D eigenvalue weighted by Crippen LogP contribution is -2.04. The van der Waals surface area contributed by atoms with Crippen LogP contribution in [0, 0.1) is 17.3 Å². The van der Waals surface area contributed by atoms with Crippen molar-refractivity contribution in [3.05, 3.63) is 29.8 Å². The van der Waals surface area contributed by atoms with Gasteiger partial charge in [0.2, 0.25) is 0 Å². The molecule has 2 N–H and O–H groups in total. The molecule has 0 amide bonds. The predicted octanol–water partition coefficient (Wildman–Crippen LogP) is 3.85. The summed E-state index contributed by atoms with van der Waals surface area (Å²) in [6, 6.07) is 8.47. The summed E-state index contributed by atoms with van der Waals surface area (Å²) in [5, 5.41) is 0. The van der Waals surface area contributed by atoms with Crippen molar-refractivity contribution in [2.75, 3.05) is 5.75 Å². The molecule has 17 heavy (non-hydrogen) atoms. The van der Waals surface area contributed by atoms with E-state index in [1.807, 2.05) is 6.92 Å². The highest BCUT2D eigenvalue weighted by Gasteiger charge is 2.03. The Morgan fingerprint density at radius 2 is 2.06 bits per heavy atom. The van der Waals surface area contributed by atoms with Crippen molar-refractivity contribution in [2.45, 2.75) is 38.6 Å². The first kappa shape index (κ1) is 14.2. The third-order valence-corrected chi connectivity index (χ3v) is 3.03. The first-order valence-electron chi connectivity index (χ1n) is 5.87. The van der Waals surface area contributed by atoms with Gasteiger partial charge in [0.1, 0.15) is 0 Å². The summed E-state index contributed by atoms with van der Waals surface area (Å²) in [6.07, 6.45) is 0. The van der Waals surface area contributed by atoms with Crippen molar-refractivity contribution in [3.63, 3.8) is 0 Å². The van der Waals surface area contributed by atoms with Crippen LogP contribution >= 0.6 is 11.8 Å². The summed E-state index contributed by atoms with van der Waals surface area (Å²) in [5.41, 5.74) is 7.13. The molecule has 0 saturated heterocycles. The van der Waals surface area contributed by atoms with Gasteiger partial charge in [-0.25, -0.2) is 0 Å². The molecule has 0 aliphatic heterocycles. The molecule has 1 nitrogen and oxygen atoms in total. The lowest BCUT2D eigenvalue weighted by molar-refractivity contribution is 0.571. The zero-order valence-corrected chi connectivity index (χ0v) is 11.9.